The van der Waals surface area contributed by atoms with E-state index in [9.17, 15) is 9.90 Å². The van der Waals surface area contributed by atoms with Crippen molar-refractivity contribution in [3.8, 4) is 17.2 Å². The molecule has 0 saturated carbocycles. The van der Waals surface area contributed by atoms with Crippen molar-refractivity contribution in [1.82, 2.24) is 0 Å². The molecule has 0 aliphatic rings. The molecular formula is C13H18O4. The summed E-state index contributed by atoms with van der Waals surface area (Å²) in [7, 11) is 2.95. The van der Waals surface area contributed by atoms with Crippen LogP contribution in [-0.2, 0) is 6.42 Å². The molecule has 0 spiro atoms. The third-order valence-corrected chi connectivity index (χ3v) is 2.67. The molecule has 0 heterocycles. The second-order valence-electron chi connectivity index (χ2n) is 3.75. The van der Waals surface area contributed by atoms with Gasteiger partial charge in [0.25, 0.3) is 0 Å². The summed E-state index contributed by atoms with van der Waals surface area (Å²) in [5.74, 6) is 0.596. The van der Waals surface area contributed by atoms with E-state index in [0.29, 0.717) is 17.8 Å². The fraction of sp³-hybridized carbons (Fsp3) is 0.462. The van der Waals surface area contributed by atoms with Crippen LogP contribution in [0.1, 0.15) is 35.7 Å². The smallest absolute Gasteiger partial charge is 0.172 e. The largest absolute Gasteiger partial charge is 0.504 e. The number of rotatable bonds is 6. The van der Waals surface area contributed by atoms with Crippen LogP contribution < -0.4 is 9.47 Å². The van der Waals surface area contributed by atoms with E-state index in [1.807, 2.05) is 0 Å². The fourth-order valence-corrected chi connectivity index (χ4v) is 1.76. The molecule has 0 bridgehead atoms. The van der Waals surface area contributed by atoms with Crippen molar-refractivity contribution in [3.05, 3.63) is 17.2 Å². The van der Waals surface area contributed by atoms with E-state index in [1.54, 1.807) is 6.07 Å². The molecule has 4 nitrogen and oxygen atoms in total. The molecular weight excluding hydrogens is 220 g/mol. The Kier molecular flexibility index (Phi) is 4.82. The molecule has 0 atom stereocenters. The molecule has 1 N–H and O–H groups in total. The predicted octanol–water partition coefficient (Wildman–Crippen LogP) is 2.56. The maximum atomic E-state index is 10.9. The van der Waals surface area contributed by atoms with Gasteiger partial charge in [-0.05, 0) is 18.9 Å². The lowest BCUT2D eigenvalue weighted by Crippen LogP contribution is -1.99. The number of ether oxygens (including phenoxy) is 2. The first-order valence-corrected chi connectivity index (χ1v) is 5.61. The van der Waals surface area contributed by atoms with Gasteiger partial charge in [0.05, 0.1) is 14.2 Å². The Hall–Kier alpha value is -1.71. The van der Waals surface area contributed by atoms with E-state index < -0.39 is 0 Å². The molecule has 1 aromatic rings. The number of aromatic hydroxyl groups is 1. The highest BCUT2D eigenvalue weighted by Gasteiger charge is 2.18. The van der Waals surface area contributed by atoms with Crippen molar-refractivity contribution in [3.63, 3.8) is 0 Å². The number of phenolic OH excluding ortho intramolecular Hbond substituents is 1. The van der Waals surface area contributed by atoms with E-state index >= 15 is 0 Å². The van der Waals surface area contributed by atoms with Crippen LogP contribution in [0.25, 0.3) is 0 Å². The molecule has 0 saturated heterocycles. The summed E-state index contributed by atoms with van der Waals surface area (Å²) < 4.78 is 10.2. The zero-order valence-electron chi connectivity index (χ0n) is 10.4. The lowest BCUT2D eigenvalue weighted by atomic mass is 10.0. The molecule has 17 heavy (non-hydrogen) atoms. The first kappa shape index (κ1) is 13.4. The molecule has 0 aliphatic carbocycles. The van der Waals surface area contributed by atoms with Crippen molar-refractivity contribution in [2.45, 2.75) is 26.2 Å². The van der Waals surface area contributed by atoms with Gasteiger partial charge in [0.2, 0.25) is 0 Å². The van der Waals surface area contributed by atoms with Crippen LogP contribution in [0, 0.1) is 0 Å². The van der Waals surface area contributed by atoms with Crippen molar-refractivity contribution in [1.29, 1.82) is 0 Å². The number of methoxy groups -OCH3 is 2. The lowest BCUT2D eigenvalue weighted by molar-refractivity contribution is 0.111. The quantitative estimate of drug-likeness (QED) is 0.774. The number of carbonyl (C=O) groups excluding carboxylic acids is 1. The molecule has 0 amide bonds. The van der Waals surface area contributed by atoms with Gasteiger partial charge in [-0.15, -0.1) is 0 Å². The molecule has 4 heteroatoms. The fourth-order valence-electron chi connectivity index (χ4n) is 1.76. The standard InChI is InChI=1S/C13H18O4/c1-4-5-6-9-7-11(16-2)10(8-14)12(15)13(9)17-3/h7-8,15H,4-6H2,1-3H3. The minimum Gasteiger partial charge on any atom is -0.504 e. The van der Waals surface area contributed by atoms with Gasteiger partial charge in [0.1, 0.15) is 11.3 Å². The van der Waals surface area contributed by atoms with Crippen LogP contribution in [0.3, 0.4) is 0 Å². The highest BCUT2D eigenvalue weighted by molar-refractivity contribution is 5.86. The SMILES string of the molecule is CCCCc1cc(OC)c(C=O)c(O)c1OC. The monoisotopic (exact) mass is 238 g/mol. The van der Waals surface area contributed by atoms with Gasteiger partial charge in [0.15, 0.2) is 17.8 Å². The highest BCUT2D eigenvalue weighted by atomic mass is 16.5. The molecule has 0 radical (unpaired) electrons. The Balaban J connectivity index is 3.29. The lowest BCUT2D eigenvalue weighted by Gasteiger charge is -2.14. The first-order valence-electron chi connectivity index (χ1n) is 5.61. The number of hydrogen-bond acceptors (Lipinski definition) is 4. The summed E-state index contributed by atoms with van der Waals surface area (Å²) in [6, 6.07) is 1.75. The maximum absolute atomic E-state index is 10.9. The van der Waals surface area contributed by atoms with E-state index in [2.05, 4.69) is 6.92 Å². The van der Waals surface area contributed by atoms with Gasteiger partial charge >= 0.3 is 0 Å². The average Bonchev–Trinajstić information content (AvgIpc) is 2.35. The summed E-state index contributed by atoms with van der Waals surface area (Å²) in [5.41, 5.74) is 0.985. The molecule has 0 aliphatic heterocycles. The van der Waals surface area contributed by atoms with E-state index in [-0.39, 0.29) is 11.3 Å². The van der Waals surface area contributed by atoms with Gasteiger partial charge in [0, 0.05) is 5.56 Å². The van der Waals surface area contributed by atoms with Crippen molar-refractivity contribution in [2.75, 3.05) is 14.2 Å². The Morgan fingerprint density at radius 3 is 2.53 bits per heavy atom. The molecule has 0 fully saturated rings. The van der Waals surface area contributed by atoms with Crippen molar-refractivity contribution < 1.29 is 19.4 Å². The van der Waals surface area contributed by atoms with Crippen LogP contribution in [-0.4, -0.2) is 25.6 Å². The average molecular weight is 238 g/mol. The Labute approximate surface area is 101 Å². The summed E-state index contributed by atoms with van der Waals surface area (Å²) in [4.78, 5) is 10.9. The summed E-state index contributed by atoms with van der Waals surface area (Å²) in [6.07, 6.45) is 3.38. The second-order valence-corrected chi connectivity index (χ2v) is 3.75. The number of aryl methyl sites for hydroxylation is 1. The number of carbonyl (C=O) groups is 1. The van der Waals surface area contributed by atoms with E-state index in [0.717, 1.165) is 24.8 Å². The van der Waals surface area contributed by atoms with Crippen LogP contribution in [0.2, 0.25) is 0 Å². The minimum absolute atomic E-state index is 0.129. The first-order chi connectivity index (χ1) is 8.19. The van der Waals surface area contributed by atoms with Crippen LogP contribution >= 0.6 is 0 Å². The number of hydrogen-bond donors (Lipinski definition) is 1. The summed E-state index contributed by atoms with van der Waals surface area (Å²) in [6.45, 7) is 2.09. The predicted molar refractivity (Wildman–Crippen MR) is 65.2 cm³/mol. The molecule has 1 rings (SSSR count). The van der Waals surface area contributed by atoms with Crippen LogP contribution in [0.4, 0.5) is 0 Å². The Bertz CT molecular complexity index is 399. The summed E-state index contributed by atoms with van der Waals surface area (Å²) in [5, 5.41) is 9.94. The second kappa shape index (κ2) is 6.13. The third-order valence-electron chi connectivity index (χ3n) is 2.67. The van der Waals surface area contributed by atoms with Gasteiger partial charge in [-0.1, -0.05) is 13.3 Å². The zero-order chi connectivity index (χ0) is 12.8. The van der Waals surface area contributed by atoms with Crippen molar-refractivity contribution in [2.24, 2.45) is 0 Å². The van der Waals surface area contributed by atoms with Crippen LogP contribution in [0.15, 0.2) is 6.07 Å². The molecule has 0 aromatic heterocycles. The highest BCUT2D eigenvalue weighted by Crippen LogP contribution is 2.39. The van der Waals surface area contributed by atoms with Gasteiger partial charge < -0.3 is 14.6 Å². The molecule has 94 valence electrons. The number of benzene rings is 1. The third kappa shape index (κ3) is 2.70. The number of phenols is 1. The normalized spacial score (nSPS) is 10.1. The Morgan fingerprint density at radius 1 is 1.35 bits per heavy atom. The summed E-state index contributed by atoms with van der Waals surface area (Å²) >= 11 is 0. The number of unbranched alkanes of at least 4 members (excludes halogenated alkanes) is 1. The molecule has 0 unspecified atom stereocenters. The van der Waals surface area contributed by atoms with E-state index in [1.165, 1.54) is 14.2 Å². The van der Waals surface area contributed by atoms with Gasteiger partial charge in [-0.2, -0.15) is 0 Å². The Morgan fingerprint density at radius 2 is 2.06 bits per heavy atom. The molecule has 1 aromatic carbocycles. The number of aldehydes is 1. The van der Waals surface area contributed by atoms with Gasteiger partial charge in [-0.3, -0.25) is 4.79 Å². The van der Waals surface area contributed by atoms with Crippen LogP contribution in [0.5, 0.6) is 17.2 Å². The minimum atomic E-state index is -0.145. The van der Waals surface area contributed by atoms with E-state index in [4.69, 9.17) is 9.47 Å². The topological polar surface area (TPSA) is 55.8 Å². The zero-order valence-corrected chi connectivity index (χ0v) is 10.4. The van der Waals surface area contributed by atoms with Crippen molar-refractivity contribution >= 4 is 6.29 Å². The van der Waals surface area contributed by atoms with Gasteiger partial charge in [-0.25, -0.2) is 0 Å². The maximum Gasteiger partial charge on any atom is 0.172 e.